The van der Waals surface area contributed by atoms with E-state index in [-0.39, 0.29) is 11.6 Å². The van der Waals surface area contributed by atoms with Crippen LogP contribution in [0.2, 0.25) is 0 Å². The van der Waals surface area contributed by atoms with Crippen LogP contribution in [0.5, 0.6) is 5.75 Å². The number of likely N-dealkylation sites (tertiary alicyclic amines) is 1. The van der Waals surface area contributed by atoms with Gasteiger partial charge >= 0.3 is 6.18 Å². The molecule has 1 saturated heterocycles. The van der Waals surface area contributed by atoms with E-state index in [1.54, 1.807) is 4.90 Å². The van der Waals surface area contributed by atoms with Crippen LogP contribution in [-0.4, -0.2) is 32.0 Å². The number of rotatable bonds is 2. The number of aromatic hydroxyl groups is 1. The topological polar surface area (TPSA) is 58.4 Å². The number of imidazole rings is 1. The fraction of sp³-hybridized carbons (Fsp3) is 0.300. The lowest BCUT2D eigenvalue weighted by molar-refractivity contribution is -0.137. The molecule has 2 aromatic carbocycles. The van der Waals surface area contributed by atoms with Crippen LogP contribution < -0.4 is 0 Å². The molecule has 3 aromatic rings. The number of phenolic OH excluding ortho intramolecular Hbond substituents is 1. The van der Waals surface area contributed by atoms with Gasteiger partial charge in [-0.1, -0.05) is 12.1 Å². The number of phenols is 1. The molecule has 1 N–H and O–H groups in total. The Morgan fingerprint density at radius 2 is 1.96 bits per heavy atom. The molecule has 1 aliphatic heterocycles. The van der Waals surface area contributed by atoms with Gasteiger partial charge in [0.2, 0.25) is 0 Å². The molecule has 0 aliphatic carbocycles. The summed E-state index contributed by atoms with van der Waals surface area (Å²) in [4.78, 5) is 19.2. The van der Waals surface area contributed by atoms with E-state index in [1.807, 2.05) is 35.9 Å². The van der Waals surface area contributed by atoms with Crippen molar-refractivity contribution in [3.63, 3.8) is 0 Å². The third-order valence-electron chi connectivity index (χ3n) is 5.19. The minimum atomic E-state index is -4.58. The molecule has 0 radical (unpaired) electrons. The highest BCUT2D eigenvalue weighted by Gasteiger charge is 2.36. The number of benzene rings is 2. The van der Waals surface area contributed by atoms with Gasteiger partial charge in [0.15, 0.2) is 0 Å². The summed E-state index contributed by atoms with van der Waals surface area (Å²) in [6, 6.07) is 9.76. The summed E-state index contributed by atoms with van der Waals surface area (Å²) in [5, 5.41) is 10.0. The number of fused-ring (bicyclic) bond motifs is 1. The number of aryl methyl sites for hydroxylation is 1. The zero-order valence-corrected chi connectivity index (χ0v) is 15.1. The van der Waals surface area contributed by atoms with Crippen LogP contribution in [0.3, 0.4) is 0 Å². The van der Waals surface area contributed by atoms with Gasteiger partial charge in [-0.3, -0.25) is 4.79 Å². The van der Waals surface area contributed by atoms with Crippen molar-refractivity contribution in [3.05, 3.63) is 59.4 Å². The van der Waals surface area contributed by atoms with Crippen LogP contribution in [0.4, 0.5) is 13.2 Å². The Hall–Kier alpha value is -3.03. The van der Waals surface area contributed by atoms with Crippen molar-refractivity contribution in [3.8, 4) is 5.75 Å². The third kappa shape index (κ3) is 2.98. The van der Waals surface area contributed by atoms with Gasteiger partial charge in [-0.15, -0.1) is 0 Å². The van der Waals surface area contributed by atoms with E-state index in [0.717, 1.165) is 35.4 Å². The average Bonchev–Trinajstić information content (AvgIpc) is 3.25. The summed E-state index contributed by atoms with van der Waals surface area (Å²) in [6.07, 6.45) is -3.13. The number of nitrogens with zero attached hydrogens (tertiary/aromatic N) is 3. The number of alkyl halides is 3. The molecule has 0 spiro atoms. The Kier molecular flexibility index (Phi) is 4.28. The van der Waals surface area contributed by atoms with Crippen molar-refractivity contribution >= 4 is 16.9 Å². The van der Waals surface area contributed by atoms with E-state index >= 15 is 0 Å². The van der Waals surface area contributed by atoms with Gasteiger partial charge in [0.25, 0.3) is 5.91 Å². The molecule has 2 heterocycles. The maximum atomic E-state index is 13.0. The molecular weight excluding hydrogens is 371 g/mol. The molecule has 1 atom stereocenters. The normalized spacial score (nSPS) is 17.4. The molecule has 4 rings (SSSR count). The van der Waals surface area contributed by atoms with Crippen LogP contribution in [-0.2, 0) is 13.2 Å². The predicted octanol–water partition coefficient (Wildman–Crippen LogP) is 4.28. The highest BCUT2D eigenvalue weighted by molar-refractivity contribution is 5.97. The molecular formula is C20H18F3N3O2. The Bertz CT molecular complexity index is 1060. The van der Waals surface area contributed by atoms with Crippen molar-refractivity contribution in [2.45, 2.75) is 25.1 Å². The number of hydrogen-bond donors (Lipinski definition) is 1. The summed E-state index contributed by atoms with van der Waals surface area (Å²) < 4.78 is 40.4. The van der Waals surface area contributed by atoms with E-state index in [0.29, 0.717) is 19.0 Å². The molecule has 8 heteroatoms. The Morgan fingerprint density at radius 1 is 1.21 bits per heavy atom. The van der Waals surface area contributed by atoms with Crippen molar-refractivity contribution in [1.29, 1.82) is 0 Å². The van der Waals surface area contributed by atoms with Crippen LogP contribution in [0.25, 0.3) is 11.0 Å². The summed E-state index contributed by atoms with van der Waals surface area (Å²) in [7, 11) is 1.88. The van der Waals surface area contributed by atoms with Crippen LogP contribution in [0.15, 0.2) is 42.5 Å². The lowest BCUT2D eigenvalue weighted by Gasteiger charge is -2.25. The van der Waals surface area contributed by atoms with Gasteiger partial charge < -0.3 is 14.6 Å². The molecule has 1 unspecified atom stereocenters. The van der Waals surface area contributed by atoms with Crippen molar-refractivity contribution in [1.82, 2.24) is 14.5 Å². The number of para-hydroxylation sites is 2. The number of halogens is 3. The lowest BCUT2D eigenvalue weighted by atomic mass is 10.1. The molecule has 146 valence electrons. The van der Waals surface area contributed by atoms with Crippen LogP contribution in [0, 0.1) is 0 Å². The number of amides is 1. The van der Waals surface area contributed by atoms with Crippen molar-refractivity contribution < 1.29 is 23.1 Å². The first-order chi connectivity index (χ1) is 13.3. The first-order valence-corrected chi connectivity index (χ1v) is 8.90. The highest BCUT2D eigenvalue weighted by atomic mass is 19.4. The summed E-state index contributed by atoms with van der Waals surface area (Å²) in [5.74, 6) is -0.449. The van der Waals surface area contributed by atoms with E-state index < -0.39 is 23.4 Å². The largest absolute Gasteiger partial charge is 0.507 e. The second-order valence-corrected chi connectivity index (χ2v) is 6.90. The Labute approximate surface area is 159 Å². The molecule has 0 bridgehead atoms. The maximum absolute atomic E-state index is 13.0. The molecule has 1 amide bonds. The van der Waals surface area contributed by atoms with E-state index in [1.165, 1.54) is 0 Å². The minimum Gasteiger partial charge on any atom is -0.507 e. The zero-order chi connectivity index (χ0) is 20.1. The molecule has 28 heavy (non-hydrogen) atoms. The number of hydrogen-bond acceptors (Lipinski definition) is 3. The molecule has 0 saturated carbocycles. The Balaban J connectivity index is 1.68. The van der Waals surface area contributed by atoms with Gasteiger partial charge in [0.1, 0.15) is 11.6 Å². The van der Waals surface area contributed by atoms with Gasteiger partial charge in [-0.05, 0) is 43.2 Å². The second kappa shape index (κ2) is 6.54. The monoisotopic (exact) mass is 389 g/mol. The maximum Gasteiger partial charge on any atom is 0.416 e. The summed E-state index contributed by atoms with van der Waals surface area (Å²) in [5.41, 5.74) is 0.624. The Morgan fingerprint density at radius 3 is 2.64 bits per heavy atom. The van der Waals surface area contributed by atoms with Gasteiger partial charge in [0, 0.05) is 13.6 Å². The summed E-state index contributed by atoms with van der Waals surface area (Å²) in [6.45, 7) is 0.452. The fourth-order valence-electron chi connectivity index (χ4n) is 3.78. The average molecular weight is 389 g/mol. The molecule has 5 nitrogen and oxygen atoms in total. The van der Waals surface area contributed by atoms with Crippen LogP contribution in [0.1, 0.15) is 40.6 Å². The first kappa shape index (κ1) is 18.3. The lowest BCUT2D eigenvalue weighted by Crippen LogP contribution is -2.32. The van der Waals surface area contributed by atoms with Gasteiger partial charge in [-0.25, -0.2) is 4.98 Å². The zero-order valence-electron chi connectivity index (χ0n) is 15.1. The van der Waals surface area contributed by atoms with Crippen molar-refractivity contribution in [2.75, 3.05) is 6.54 Å². The quantitative estimate of drug-likeness (QED) is 0.712. The number of carbonyl (C=O) groups excluding carboxylic acids is 1. The highest BCUT2D eigenvalue weighted by Crippen LogP contribution is 2.37. The van der Waals surface area contributed by atoms with E-state index in [4.69, 9.17) is 0 Å². The third-order valence-corrected chi connectivity index (χ3v) is 5.19. The number of carbonyl (C=O) groups is 1. The fourth-order valence-corrected chi connectivity index (χ4v) is 3.78. The van der Waals surface area contributed by atoms with Crippen LogP contribution >= 0.6 is 0 Å². The van der Waals surface area contributed by atoms with Gasteiger partial charge in [0.05, 0.1) is 28.2 Å². The molecule has 1 aliphatic rings. The molecule has 1 aromatic heterocycles. The molecule has 1 fully saturated rings. The van der Waals surface area contributed by atoms with E-state index in [9.17, 15) is 23.1 Å². The minimum absolute atomic E-state index is 0.140. The smallest absolute Gasteiger partial charge is 0.416 e. The predicted molar refractivity (Wildman–Crippen MR) is 96.8 cm³/mol. The second-order valence-electron chi connectivity index (χ2n) is 6.90. The summed E-state index contributed by atoms with van der Waals surface area (Å²) >= 11 is 0. The standard InChI is InChI=1S/C20H18F3N3O2/c1-25-15-6-3-2-5-14(15)24-18(25)16-7-4-10-26(16)19(28)13-9-8-12(11-17(13)27)20(21,22)23/h2-3,5-6,8-9,11,16,27H,4,7,10H2,1H3. The van der Waals surface area contributed by atoms with Crippen molar-refractivity contribution in [2.24, 2.45) is 7.05 Å². The SMILES string of the molecule is Cn1c(C2CCCN2C(=O)c2ccc(C(F)(F)F)cc2O)nc2ccccc21. The van der Waals surface area contributed by atoms with E-state index in [2.05, 4.69) is 4.98 Å². The number of aromatic nitrogens is 2. The first-order valence-electron chi connectivity index (χ1n) is 8.90. The van der Waals surface area contributed by atoms with Gasteiger partial charge in [-0.2, -0.15) is 13.2 Å².